The zero-order valence-corrected chi connectivity index (χ0v) is 28.3. The van der Waals surface area contributed by atoms with Gasteiger partial charge in [0.25, 0.3) is 0 Å². The summed E-state index contributed by atoms with van der Waals surface area (Å²) in [6, 6.07) is 9.98. The number of rotatable bonds is 25. The SMILES string of the molecule is CCCCCCCCCCCCCCCCCCSc1ccc(C=CC(=O)c2c(OC)c(OC)cc(OC)c2OC)cc1. The van der Waals surface area contributed by atoms with Gasteiger partial charge in [-0.3, -0.25) is 4.79 Å². The average Bonchev–Trinajstić information content (AvgIpc) is 3.04. The molecule has 0 spiro atoms. The minimum absolute atomic E-state index is 0.257. The van der Waals surface area contributed by atoms with E-state index in [0.717, 1.165) is 11.3 Å². The summed E-state index contributed by atoms with van der Waals surface area (Å²) >= 11 is 1.90. The lowest BCUT2D eigenvalue weighted by Gasteiger charge is -2.17. The number of hydrogen-bond acceptors (Lipinski definition) is 6. The summed E-state index contributed by atoms with van der Waals surface area (Å²) in [6.45, 7) is 2.29. The molecule has 0 radical (unpaired) electrons. The predicted octanol–water partition coefficient (Wildman–Crippen LogP) is 11.0. The Labute approximate surface area is 266 Å². The molecule has 0 aliphatic heterocycles. The molecule has 2 aromatic carbocycles. The van der Waals surface area contributed by atoms with Crippen LogP contribution in [0.2, 0.25) is 0 Å². The van der Waals surface area contributed by atoms with E-state index in [4.69, 9.17) is 18.9 Å². The Balaban J connectivity index is 1.64. The molecule has 2 aromatic rings. The topological polar surface area (TPSA) is 54.0 Å². The number of methoxy groups -OCH3 is 4. The van der Waals surface area contributed by atoms with Crippen molar-refractivity contribution in [1.82, 2.24) is 0 Å². The van der Waals surface area contributed by atoms with E-state index in [-0.39, 0.29) is 11.3 Å². The number of ketones is 1. The minimum atomic E-state index is -0.257. The fourth-order valence-electron chi connectivity index (χ4n) is 5.30. The van der Waals surface area contributed by atoms with Crippen molar-refractivity contribution in [3.05, 3.63) is 47.5 Å². The van der Waals surface area contributed by atoms with Gasteiger partial charge >= 0.3 is 0 Å². The third-order valence-electron chi connectivity index (χ3n) is 7.83. The second-order valence-corrected chi connectivity index (χ2v) is 12.3. The normalized spacial score (nSPS) is 11.2. The van der Waals surface area contributed by atoms with E-state index in [1.807, 2.05) is 23.9 Å². The summed E-state index contributed by atoms with van der Waals surface area (Å²) in [7, 11) is 6.04. The Kier molecular flexibility index (Phi) is 19.5. The number of carbonyl (C=O) groups is 1. The number of carbonyl (C=O) groups excluding carboxylic acids is 1. The molecule has 0 aromatic heterocycles. The average molecular weight is 613 g/mol. The number of allylic oxidation sites excluding steroid dienone is 1. The highest BCUT2D eigenvalue weighted by Crippen LogP contribution is 2.44. The second-order valence-electron chi connectivity index (χ2n) is 11.1. The smallest absolute Gasteiger partial charge is 0.193 e. The van der Waals surface area contributed by atoms with Gasteiger partial charge in [-0.05, 0) is 35.9 Å². The second kappa shape index (κ2) is 22.9. The van der Waals surface area contributed by atoms with Gasteiger partial charge in [0.05, 0.1) is 28.4 Å². The van der Waals surface area contributed by atoms with E-state index < -0.39 is 0 Å². The number of thioether (sulfide) groups is 1. The molecule has 0 aliphatic rings. The summed E-state index contributed by atoms with van der Waals surface area (Å²) in [5.41, 5.74) is 1.22. The monoisotopic (exact) mass is 612 g/mol. The van der Waals surface area contributed by atoms with Crippen LogP contribution >= 0.6 is 11.8 Å². The van der Waals surface area contributed by atoms with Crippen molar-refractivity contribution < 1.29 is 23.7 Å². The van der Waals surface area contributed by atoms with Crippen LogP contribution in [0.25, 0.3) is 6.08 Å². The molecule has 0 saturated heterocycles. The maximum Gasteiger partial charge on any atom is 0.193 e. The maximum atomic E-state index is 13.2. The van der Waals surface area contributed by atoms with E-state index in [0.29, 0.717) is 23.0 Å². The van der Waals surface area contributed by atoms with Gasteiger partial charge in [-0.2, -0.15) is 0 Å². The lowest BCUT2D eigenvalue weighted by molar-refractivity contribution is 0.104. The highest BCUT2D eigenvalue weighted by atomic mass is 32.2. The number of hydrogen-bond donors (Lipinski definition) is 0. The molecule has 0 amide bonds. The molecule has 0 bridgehead atoms. The first kappa shape index (κ1) is 36.6. The molecule has 0 fully saturated rings. The molecular weight excluding hydrogens is 556 g/mol. The number of benzene rings is 2. The van der Waals surface area contributed by atoms with Crippen LogP contribution in [-0.4, -0.2) is 40.0 Å². The first-order valence-electron chi connectivity index (χ1n) is 16.4. The van der Waals surface area contributed by atoms with Gasteiger partial charge in [0.15, 0.2) is 28.8 Å². The largest absolute Gasteiger partial charge is 0.493 e. The fraction of sp³-hybridized carbons (Fsp3) is 0.595. The van der Waals surface area contributed by atoms with Crippen LogP contribution in [-0.2, 0) is 0 Å². The van der Waals surface area contributed by atoms with Gasteiger partial charge in [-0.1, -0.05) is 121 Å². The van der Waals surface area contributed by atoms with Crippen molar-refractivity contribution in [2.24, 2.45) is 0 Å². The van der Waals surface area contributed by atoms with E-state index in [2.05, 4.69) is 19.1 Å². The molecular formula is C37H56O5S. The van der Waals surface area contributed by atoms with Crippen molar-refractivity contribution in [2.75, 3.05) is 34.2 Å². The van der Waals surface area contributed by atoms with Crippen molar-refractivity contribution in [2.45, 2.75) is 115 Å². The van der Waals surface area contributed by atoms with Crippen LogP contribution in [0.4, 0.5) is 0 Å². The lowest BCUT2D eigenvalue weighted by Crippen LogP contribution is -2.06. The Hall–Kier alpha value is -2.60. The molecule has 5 nitrogen and oxygen atoms in total. The van der Waals surface area contributed by atoms with Crippen LogP contribution < -0.4 is 18.9 Å². The Bertz CT molecular complexity index is 1030. The van der Waals surface area contributed by atoms with Crippen LogP contribution in [0.5, 0.6) is 23.0 Å². The molecule has 240 valence electrons. The molecule has 2 rings (SSSR count). The predicted molar refractivity (Wildman–Crippen MR) is 183 cm³/mol. The van der Waals surface area contributed by atoms with Gasteiger partial charge in [-0.15, -0.1) is 11.8 Å². The quantitative estimate of drug-likeness (QED) is 0.0481. The number of ether oxygens (including phenoxy) is 4. The minimum Gasteiger partial charge on any atom is -0.493 e. The van der Waals surface area contributed by atoms with Crippen LogP contribution in [0.15, 0.2) is 41.3 Å². The van der Waals surface area contributed by atoms with Crippen molar-refractivity contribution in [3.63, 3.8) is 0 Å². The van der Waals surface area contributed by atoms with Crippen LogP contribution in [0.1, 0.15) is 126 Å². The molecule has 6 heteroatoms. The third-order valence-corrected chi connectivity index (χ3v) is 8.93. The van der Waals surface area contributed by atoms with Gasteiger partial charge in [0.1, 0.15) is 5.56 Å². The first-order chi connectivity index (χ1) is 21.1. The fourth-order valence-corrected chi connectivity index (χ4v) is 6.22. The molecule has 0 aliphatic carbocycles. The Morgan fingerprint density at radius 2 is 1.07 bits per heavy atom. The summed E-state index contributed by atoms with van der Waals surface area (Å²) in [4.78, 5) is 14.5. The van der Waals surface area contributed by atoms with Crippen LogP contribution in [0, 0.1) is 0 Å². The zero-order valence-electron chi connectivity index (χ0n) is 27.5. The van der Waals surface area contributed by atoms with E-state index in [1.54, 1.807) is 12.1 Å². The first-order valence-corrected chi connectivity index (χ1v) is 17.4. The van der Waals surface area contributed by atoms with Crippen LogP contribution in [0.3, 0.4) is 0 Å². The Morgan fingerprint density at radius 3 is 1.49 bits per heavy atom. The highest BCUT2D eigenvalue weighted by molar-refractivity contribution is 7.99. The summed E-state index contributed by atoms with van der Waals surface area (Å²) in [6.07, 6.45) is 25.7. The van der Waals surface area contributed by atoms with E-state index in [9.17, 15) is 4.79 Å². The maximum absolute atomic E-state index is 13.2. The van der Waals surface area contributed by atoms with Gasteiger partial charge in [-0.25, -0.2) is 0 Å². The lowest BCUT2D eigenvalue weighted by atomic mass is 10.0. The third kappa shape index (κ3) is 13.7. The summed E-state index contributed by atoms with van der Waals surface area (Å²) < 4.78 is 21.8. The Morgan fingerprint density at radius 1 is 0.628 bits per heavy atom. The molecule has 0 N–H and O–H groups in total. The van der Waals surface area contributed by atoms with E-state index in [1.165, 1.54) is 142 Å². The molecule has 43 heavy (non-hydrogen) atoms. The summed E-state index contributed by atoms with van der Waals surface area (Å²) in [5.74, 6) is 2.33. The molecule has 0 heterocycles. The standard InChI is InChI=1S/C37H56O5S/c1-6-7-8-9-10-11-12-13-14-15-16-17-18-19-20-21-28-43-31-25-22-30(23-26-31)24-27-32(38)35-36(41-4)33(39-2)29-34(40-3)37(35)42-5/h22-27,29H,6-21,28H2,1-5H3. The molecule has 0 atom stereocenters. The molecule has 0 saturated carbocycles. The zero-order chi connectivity index (χ0) is 31.1. The van der Waals surface area contributed by atoms with Gasteiger partial charge in [0.2, 0.25) is 0 Å². The van der Waals surface area contributed by atoms with Crippen molar-refractivity contribution in [3.8, 4) is 23.0 Å². The number of unbranched alkanes of at least 4 members (excludes halogenated alkanes) is 15. The van der Waals surface area contributed by atoms with Crippen molar-refractivity contribution in [1.29, 1.82) is 0 Å². The van der Waals surface area contributed by atoms with Crippen molar-refractivity contribution >= 4 is 23.6 Å². The highest BCUT2D eigenvalue weighted by Gasteiger charge is 2.25. The molecule has 0 unspecified atom stereocenters. The summed E-state index contributed by atoms with van der Waals surface area (Å²) in [5, 5.41) is 0. The van der Waals surface area contributed by atoms with Gasteiger partial charge < -0.3 is 18.9 Å². The van der Waals surface area contributed by atoms with Gasteiger partial charge in [0, 0.05) is 11.0 Å². The van der Waals surface area contributed by atoms with E-state index >= 15 is 0 Å².